The quantitative estimate of drug-likeness (QED) is 0.710. The van der Waals surface area contributed by atoms with Gasteiger partial charge in [0.1, 0.15) is 6.33 Å². The van der Waals surface area contributed by atoms with E-state index in [0.717, 1.165) is 47.4 Å². The lowest BCUT2D eigenvalue weighted by atomic mass is 10.0. The number of likely N-dealkylation sites (tertiary alicyclic amines) is 1. The zero-order valence-corrected chi connectivity index (χ0v) is 14.8. The molecule has 1 saturated carbocycles. The van der Waals surface area contributed by atoms with E-state index in [1.165, 1.54) is 25.8 Å². The van der Waals surface area contributed by atoms with Gasteiger partial charge in [-0.3, -0.25) is 9.58 Å². The number of rotatable bonds is 5. The van der Waals surface area contributed by atoms with Crippen molar-refractivity contribution < 1.29 is 0 Å². The first-order valence-corrected chi connectivity index (χ1v) is 9.48. The maximum Gasteiger partial charge on any atom is 0.115 e. The lowest BCUT2D eigenvalue weighted by Crippen LogP contribution is -2.34. The van der Waals surface area contributed by atoms with E-state index in [1.54, 1.807) is 6.33 Å². The SMILES string of the molecule is c1cc(-c2cncnc2)cc(-c2ccn(CCN3C[C@H]4CC[C@H]3C4)n2)c1. The molecule has 0 N–H and O–H groups in total. The second-order valence-electron chi connectivity index (χ2n) is 7.50. The first kappa shape index (κ1) is 15.7. The maximum absolute atomic E-state index is 4.80. The lowest BCUT2D eigenvalue weighted by Gasteiger charge is -2.26. The summed E-state index contributed by atoms with van der Waals surface area (Å²) < 4.78 is 2.08. The number of fused-ring (bicyclic) bond motifs is 2. The standard InChI is InChI=1S/C21H23N5/c1-2-17(19-12-22-15-23-13-19)11-18(3-1)21-6-7-26(24-21)9-8-25-14-16-4-5-20(25)10-16/h1-3,6-7,11-13,15-16,20H,4-5,8-10,14H2/t16-,20-/m0/s1. The largest absolute Gasteiger partial charge is 0.298 e. The average molecular weight is 345 g/mol. The average Bonchev–Trinajstić information content (AvgIpc) is 3.44. The van der Waals surface area contributed by atoms with E-state index < -0.39 is 0 Å². The van der Waals surface area contributed by atoms with E-state index in [-0.39, 0.29) is 0 Å². The van der Waals surface area contributed by atoms with E-state index in [2.05, 4.69) is 56.1 Å². The molecule has 2 fully saturated rings. The van der Waals surface area contributed by atoms with Crippen LogP contribution in [0, 0.1) is 5.92 Å². The van der Waals surface area contributed by atoms with E-state index in [0.29, 0.717) is 0 Å². The van der Waals surface area contributed by atoms with Crippen molar-refractivity contribution >= 4 is 0 Å². The van der Waals surface area contributed by atoms with Gasteiger partial charge in [0.25, 0.3) is 0 Å². The molecule has 1 saturated heterocycles. The van der Waals surface area contributed by atoms with Crippen LogP contribution in [0.4, 0.5) is 0 Å². The summed E-state index contributed by atoms with van der Waals surface area (Å²) in [5.74, 6) is 0.956. The minimum absolute atomic E-state index is 0.833. The van der Waals surface area contributed by atoms with Crippen LogP contribution in [0.15, 0.2) is 55.2 Å². The Hall–Kier alpha value is -2.53. The summed E-state index contributed by atoms with van der Waals surface area (Å²) >= 11 is 0. The second kappa shape index (κ2) is 6.65. The monoisotopic (exact) mass is 345 g/mol. The summed E-state index contributed by atoms with van der Waals surface area (Å²) in [7, 11) is 0. The Morgan fingerprint density at radius 1 is 0.962 bits per heavy atom. The molecule has 1 aliphatic heterocycles. The highest BCUT2D eigenvalue weighted by molar-refractivity contribution is 5.70. The summed E-state index contributed by atoms with van der Waals surface area (Å²) in [4.78, 5) is 10.9. The van der Waals surface area contributed by atoms with Gasteiger partial charge in [0, 0.05) is 48.8 Å². The van der Waals surface area contributed by atoms with Gasteiger partial charge in [0.05, 0.1) is 12.2 Å². The van der Waals surface area contributed by atoms with Gasteiger partial charge < -0.3 is 0 Å². The molecule has 1 aliphatic carbocycles. The zero-order valence-electron chi connectivity index (χ0n) is 14.8. The molecule has 0 unspecified atom stereocenters. The minimum Gasteiger partial charge on any atom is -0.298 e. The molecule has 5 rings (SSSR count). The first-order chi connectivity index (χ1) is 12.8. The normalized spacial score (nSPS) is 22.2. The molecule has 3 heterocycles. The second-order valence-corrected chi connectivity index (χ2v) is 7.50. The van der Waals surface area contributed by atoms with Gasteiger partial charge in [-0.25, -0.2) is 9.97 Å². The number of aromatic nitrogens is 4. The number of hydrogen-bond acceptors (Lipinski definition) is 4. The molecule has 2 aromatic heterocycles. The van der Waals surface area contributed by atoms with Crippen molar-refractivity contribution in [1.29, 1.82) is 0 Å². The molecule has 132 valence electrons. The molecule has 0 amide bonds. The first-order valence-electron chi connectivity index (χ1n) is 9.48. The number of piperidine rings is 1. The Balaban J connectivity index is 1.29. The van der Waals surface area contributed by atoms with Crippen LogP contribution < -0.4 is 0 Å². The van der Waals surface area contributed by atoms with E-state index in [1.807, 2.05) is 12.4 Å². The van der Waals surface area contributed by atoms with Gasteiger partial charge in [-0.05, 0) is 42.9 Å². The molecular formula is C21H23N5. The van der Waals surface area contributed by atoms with E-state index in [9.17, 15) is 0 Å². The van der Waals surface area contributed by atoms with Crippen LogP contribution in [0.25, 0.3) is 22.4 Å². The predicted molar refractivity (Wildman–Crippen MR) is 101 cm³/mol. The molecular weight excluding hydrogens is 322 g/mol. The Morgan fingerprint density at radius 2 is 1.85 bits per heavy atom. The highest BCUT2D eigenvalue weighted by Crippen LogP contribution is 2.37. The number of benzene rings is 1. The Morgan fingerprint density at radius 3 is 2.65 bits per heavy atom. The third-order valence-corrected chi connectivity index (χ3v) is 5.83. The van der Waals surface area contributed by atoms with Crippen LogP contribution in [0.2, 0.25) is 0 Å². The van der Waals surface area contributed by atoms with Crippen molar-refractivity contribution in [2.45, 2.75) is 31.8 Å². The van der Waals surface area contributed by atoms with Crippen LogP contribution in [-0.4, -0.2) is 43.8 Å². The summed E-state index contributed by atoms with van der Waals surface area (Å²) in [5, 5.41) is 4.80. The summed E-state index contributed by atoms with van der Waals surface area (Å²) in [5.41, 5.74) is 4.29. The van der Waals surface area contributed by atoms with Gasteiger partial charge >= 0.3 is 0 Å². The number of nitrogens with zero attached hydrogens (tertiary/aromatic N) is 5. The van der Waals surface area contributed by atoms with Crippen molar-refractivity contribution in [3.8, 4) is 22.4 Å². The van der Waals surface area contributed by atoms with Crippen molar-refractivity contribution in [2.75, 3.05) is 13.1 Å². The van der Waals surface area contributed by atoms with Crippen molar-refractivity contribution in [2.24, 2.45) is 5.92 Å². The predicted octanol–water partition coefficient (Wildman–Crippen LogP) is 3.49. The number of hydrogen-bond donors (Lipinski definition) is 0. The molecule has 26 heavy (non-hydrogen) atoms. The summed E-state index contributed by atoms with van der Waals surface area (Å²) in [6.07, 6.45) is 11.6. The molecule has 3 aromatic rings. The van der Waals surface area contributed by atoms with Crippen LogP contribution in [0.5, 0.6) is 0 Å². The van der Waals surface area contributed by atoms with Crippen LogP contribution in [0.1, 0.15) is 19.3 Å². The molecule has 5 nitrogen and oxygen atoms in total. The lowest BCUT2D eigenvalue weighted by molar-refractivity contribution is 0.203. The zero-order chi connectivity index (χ0) is 17.3. The molecule has 5 heteroatoms. The van der Waals surface area contributed by atoms with Crippen LogP contribution >= 0.6 is 0 Å². The van der Waals surface area contributed by atoms with Crippen molar-refractivity contribution in [3.05, 3.63) is 55.2 Å². The maximum atomic E-state index is 4.80. The summed E-state index contributed by atoms with van der Waals surface area (Å²) in [6, 6.07) is 11.4. The smallest absolute Gasteiger partial charge is 0.115 e. The van der Waals surface area contributed by atoms with Crippen molar-refractivity contribution in [1.82, 2.24) is 24.6 Å². The molecule has 1 aromatic carbocycles. The van der Waals surface area contributed by atoms with Gasteiger partial charge in [-0.15, -0.1) is 0 Å². The Bertz CT molecular complexity index is 888. The van der Waals surface area contributed by atoms with Gasteiger partial charge in [0.15, 0.2) is 0 Å². The fraction of sp³-hybridized carbons (Fsp3) is 0.381. The van der Waals surface area contributed by atoms with Crippen LogP contribution in [-0.2, 0) is 6.54 Å². The van der Waals surface area contributed by atoms with Gasteiger partial charge in [0.2, 0.25) is 0 Å². The minimum atomic E-state index is 0.833. The highest BCUT2D eigenvalue weighted by atomic mass is 15.3. The highest BCUT2D eigenvalue weighted by Gasteiger charge is 2.37. The molecule has 0 spiro atoms. The fourth-order valence-electron chi connectivity index (χ4n) is 4.48. The third kappa shape index (κ3) is 3.03. The van der Waals surface area contributed by atoms with Crippen LogP contribution in [0.3, 0.4) is 0 Å². The van der Waals surface area contributed by atoms with Crippen molar-refractivity contribution in [3.63, 3.8) is 0 Å². The van der Waals surface area contributed by atoms with Gasteiger partial charge in [-0.2, -0.15) is 5.10 Å². The topological polar surface area (TPSA) is 46.8 Å². The molecule has 2 aliphatic rings. The fourth-order valence-corrected chi connectivity index (χ4v) is 4.48. The van der Waals surface area contributed by atoms with E-state index >= 15 is 0 Å². The molecule has 2 atom stereocenters. The third-order valence-electron chi connectivity index (χ3n) is 5.83. The Labute approximate surface area is 153 Å². The Kier molecular flexibility index (Phi) is 4.02. The molecule has 0 radical (unpaired) electrons. The van der Waals surface area contributed by atoms with E-state index in [4.69, 9.17) is 5.10 Å². The molecule has 2 bridgehead atoms. The summed E-state index contributed by atoms with van der Waals surface area (Å²) in [6.45, 7) is 3.37. The van der Waals surface area contributed by atoms with Gasteiger partial charge in [-0.1, -0.05) is 18.2 Å².